The molecule has 22 heavy (non-hydrogen) atoms. The number of aromatic amines is 1. The Kier molecular flexibility index (Phi) is 4.86. The van der Waals surface area contributed by atoms with E-state index in [1.807, 2.05) is 18.2 Å². The minimum absolute atomic E-state index is 0.998. The lowest BCUT2D eigenvalue weighted by Crippen LogP contribution is -2.44. The van der Waals surface area contributed by atoms with Gasteiger partial charge >= 0.3 is 12.1 Å². The number of nitrogens with one attached hydrogen (secondary N) is 2. The maximum atomic E-state index is 10.6. The Hall–Kier alpha value is -2.29. The second-order valence-electron chi connectivity index (χ2n) is 4.62. The van der Waals surface area contributed by atoms with Crippen LogP contribution in [0.1, 0.15) is 0 Å². The zero-order chi connectivity index (χ0) is 16.2. The molecule has 1 aliphatic heterocycles. The van der Waals surface area contributed by atoms with Gasteiger partial charge in [-0.2, -0.15) is 13.2 Å². The molecule has 1 fully saturated rings. The van der Waals surface area contributed by atoms with Gasteiger partial charge < -0.3 is 20.3 Å². The number of piperazine rings is 1. The molecule has 2 heterocycles. The summed E-state index contributed by atoms with van der Waals surface area (Å²) in [6.45, 7) is 4.13. The van der Waals surface area contributed by atoms with Crippen LogP contribution in [0.25, 0.3) is 11.0 Å². The lowest BCUT2D eigenvalue weighted by molar-refractivity contribution is -0.192. The van der Waals surface area contributed by atoms with E-state index < -0.39 is 12.1 Å². The Bertz CT molecular complexity index is 602. The largest absolute Gasteiger partial charge is 0.490 e. The van der Waals surface area contributed by atoms with E-state index in [4.69, 9.17) is 9.90 Å². The van der Waals surface area contributed by atoms with Crippen LogP contribution in [0, 0.1) is 0 Å². The number of alkyl halides is 3. The number of hydrogen-bond acceptors (Lipinski definition) is 4. The summed E-state index contributed by atoms with van der Waals surface area (Å²) in [5.41, 5.74) is 2.16. The molecule has 0 atom stereocenters. The van der Waals surface area contributed by atoms with E-state index in [0.717, 1.165) is 43.2 Å². The number of imidazole rings is 1. The van der Waals surface area contributed by atoms with Gasteiger partial charge in [-0.1, -0.05) is 12.1 Å². The minimum Gasteiger partial charge on any atom is -0.475 e. The molecule has 0 spiro atoms. The molecule has 0 bridgehead atoms. The Morgan fingerprint density at radius 3 is 2.36 bits per heavy atom. The number of carbonyl (C=O) groups is 1. The maximum absolute atomic E-state index is 10.6. The smallest absolute Gasteiger partial charge is 0.475 e. The van der Waals surface area contributed by atoms with Gasteiger partial charge in [0.2, 0.25) is 5.95 Å². The van der Waals surface area contributed by atoms with Gasteiger partial charge in [0.1, 0.15) is 0 Å². The van der Waals surface area contributed by atoms with E-state index in [9.17, 15) is 13.2 Å². The summed E-state index contributed by atoms with van der Waals surface area (Å²) < 4.78 is 31.7. The van der Waals surface area contributed by atoms with Gasteiger partial charge in [0.15, 0.2) is 0 Å². The SMILES string of the molecule is O=C(O)C(F)(F)F.c1ccc2[nH]c(N3CCNCC3)nc2c1. The molecule has 1 saturated heterocycles. The number of carboxylic acids is 1. The van der Waals surface area contributed by atoms with Crippen molar-refractivity contribution in [2.75, 3.05) is 31.1 Å². The van der Waals surface area contributed by atoms with Crippen LogP contribution in [0.2, 0.25) is 0 Å². The van der Waals surface area contributed by atoms with Crippen LogP contribution < -0.4 is 10.2 Å². The van der Waals surface area contributed by atoms with Crippen molar-refractivity contribution in [3.8, 4) is 0 Å². The summed E-state index contributed by atoms with van der Waals surface area (Å²) in [4.78, 5) is 19.1. The highest BCUT2D eigenvalue weighted by Crippen LogP contribution is 2.17. The third-order valence-corrected chi connectivity index (χ3v) is 3.04. The monoisotopic (exact) mass is 316 g/mol. The average Bonchev–Trinajstić information content (AvgIpc) is 2.92. The van der Waals surface area contributed by atoms with Gasteiger partial charge in [-0.3, -0.25) is 0 Å². The van der Waals surface area contributed by atoms with Crippen molar-refractivity contribution in [2.24, 2.45) is 0 Å². The fourth-order valence-corrected chi connectivity index (χ4v) is 1.97. The minimum atomic E-state index is -5.08. The number of H-pyrrole nitrogens is 1. The number of nitrogens with zero attached hydrogens (tertiary/aromatic N) is 2. The normalized spacial score (nSPS) is 15.3. The van der Waals surface area contributed by atoms with Crippen molar-refractivity contribution in [2.45, 2.75) is 6.18 Å². The van der Waals surface area contributed by atoms with Crippen LogP contribution in [0.3, 0.4) is 0 Å². The van der Waals surface area contributed by atoms with Crippen LogP contribution in [0.5, 0.6) is 0 Å². The standard InChI is InChI=1S/C11H14N4.C2HF3O2/c1-2-4-10-9(3-1)13-11(14-10)15-7-5-12-6-8-15;3-2(4,5)1(6)7/h1-4,12H,5-8H2,(H,13,14);(H,6,7). The second kappa shape index (κ2) is 6.65. The fraction of sp³-hybridized carbons (Fsp3) is 0.385. The predicted octanol–water partition coefficient (Wildman–Crippen LogP) is 1.61. The van der Waals surface area contributed by atoms with E-state index >= 15 is 0 Å². The number of para-hydroxylation sites is 2. The number of hydrogen-bond donors (Lipinski definition) is 3. The van der Waals surface area contributed by atoms with E-state index in [1.165, 1.54) is 0 Å². The highest BCUT2D eigenvalue weighted by atomic mass is 19.4. The van der Waals surface area contributed by atoms with Crippen LogP contribution >= 0.6 is 0 Å². The van der Waals surface area contributed by atoms with E-state index in [1.54, 1.807) is 0 Å². The van der Waals surface area contributed by atoms with Gasteiger partial charge in [-0.25, -0.2) is 9.78 Å². The molecule has 0 amide bonds. The number of anilines is 1. The van der Waals surface area contributed by atoms with E-state index in [-0.39, 0.29) is 0 Å². The van der Waals surface area contributed by atoms with Crippen molar-refractivity contribution < 1.29 is 23.1 Å². The summed E-state index contributed by atoms with van der Waals surface area (Å²) in [6, 6.07) is 8.15. The topological polar surface area (TPSA) is 81.2 Å². The summed E-state index contributed by atoms with van der Waals surface area (Å²) in [6.07, 6.45) is -5.08. The third-order valence-electron chi connectivity index (χ3n) is 3.04. The van der Waals surface area contributed by atoms with Gasteiger partial charge in [0.25, 0.3) is 0 Å². The summed E-state index contributed by atoms with van der Waals surface area (Å²) >= 11 is 0. The number of rotatable bonds is 1. The van der Waals surface area contributed by atoms with E-state index in [0.29, 0.717) is 0 Å². The van der Waals surface area contributed by atoms with Gasteiger partial charge in [-0.05, 0) is 12.1 Å². The number of aliphatic carboxylic acids is 1. The fourth-order valence-electron chi connectivity index (χ4n) is 1.97. The number of fused-ring (bicyclic) bond motifs is 1. The summed E-state index contributed by atoms with van der Waals surface area (Å²) in [5, 5.41) is 10.5. The predicted molar refractivity (Wildman–Crippen MR) is 74.9 cm³/mol. The third kappa shape index (κ3) is 4.10. The summed E-state index contributed by atoms with van der Waals surface area (Å²) in [7, 11) is 0. The molecule has 1 aliphatic rings. The van der Waals surface area contributed by atoms with Crippen LogP contribution in [-0.2, 0) is 4.79 Å². The Balaban J connectivity index is 0.000000217. The molecule has 9 heteroatoms. The quantitative estimate of drug-likeness (QED) is 0.745. The molecule has 1 aromatic heterocycles. The highest BCUT2D eigenvalue weighted by Gasteiger charge is 2.38. The number of aromatic nitrogens is 2. The molecule has 1 aromatic carbocycles. The molecular weight excluding hydrogens is 301 g/mol. The Morgan fingerprint density at radius 2 is 1.82 bits per heavy atom. The first-order chi connectivity index (χ1) is 10.4. The molecule has 0 unspecified atom stereocenters. The van der Waals surface area contributed by atoms with Crippen LogP contribution in [0.4, 0.5) is 19.1 Å². The zero-order valence-corrected chi connectivity index (χ0v) is 11.5. The Morgan fingerprint density at radius 1 is 1.23 bits per heavy atom. The van der Waals surface area contributed by atoms with Crippen molar-refractivity contribution >= 4 is 23.0 Å². The van der Waals surface area contributed by atoms with Gasteiger partial charge in [0.05, 0.1) is 11.0 Å². The second-order valence-corrected chi connectivity index (χ2v) is 4.62. The maximum Gasteiger partial charge on any atom is 0.490 e. The van der Waals surface area contributed by atoms with Crippen molar-refractivity contribution in [1.82, 2.24) is 15.3 Å². The molecule has 3 N–H and O–H groups in total. The van der Waals surface area contributed by atoms with Crippen molar-refractivity contribution in [1.29, 1.82) is 0 Å². The first-order valence-electron chi connectivity index (χ1n) is 6.58. The van der Waals surface area contributed by atoms with Crippen LogP contribution in [-0.4, -0.2) is 53.4 Å². The lowest BCUT2D eigenvalue weighted by atomic mass is 10.3. The first-order valence-corrected chi connectivity index (χ1v) is 6.58. The summed E-state index contributed by atoms with van der Waals surface area (Å²) in [5.74, 6) is -1.76. The molecule has 6 nitrogen and oxygen atoms in total. The highest BCUT2D eigenvalue weighted by molar-refractivity contribution is 5.77. The first kappa shape index (κ1) is 16.1. The van der Waals surface area contributed by atoms with Crippen molar-refractivity contribution in [3.05, 3.63) is 24.3 Å². The molecule has 3 rings (SSSR count). The van der Waals surface area contributed by atoms with E-state index in [2.05, 4.69) is 26.3 Å². The molecule has 0 aliphatic carbocycles. The molecular formula is C13H15F3N4O2. The zero-order valence-electron chi connectivity index (χ0n) is 11.5. The average molecular weight is 316 g/mol. The molecule has 0 saturated carbocycles. The molecule has 2 aromatic rings. The lowest BCUT2D eigenvalue weighted by Gasteiger charge is -2.26. The van der Waals surface area contributed by atoms with Crippen LogP contribution in [0.15, 0.2) is 24.3 Å². The number of carboxylic acid groups (broad SMARTS) is 1. The van der Waals surface area contributed by atoms with Gasteiger partial charge in [-0.15, -0.1) is 0 Å². The Labute approximate surface area is 123 Å². The molecule has 0 radical (unpaired) electrons. The number of halogens is 3. The van der Waals surface area contributed by atoms with Gasteiger partial charge in [0, 0.05) is 26.2 Å². The number of benzene rings is 1. The molecule has 120 valence electrons. The van der Waals surface area contributed by atoms with Crippen molar-refractivity contribution in [3.63, 3.8) is 0 Å².